The number of likely N-dealkylation sites (tertiary alicyclic amines) is 1. The van der Waals surface area contributed by atoms with Crippen molar-refractivity contribution in [1.82, 2.24) is 19.4 Å². The van der Waals surface area contributed by atoms with Gasteiger partial charge in [0, 0.05) is 42.5 Å². The van der Waals surface area contributed by atoms with Crippen molar-refractivity contribution in [3.8, 4) is 17.0 Å². The van der Waals surface area contributed by atoms with Gasteiger partial charge in [-0.2, -0.15) is 5.10 Å². The molecule has 6 nitrogen and oxygen atoms in total. The van der Waals surface area contributed by atoms with Gasteiger partial charge in [-0.1, -0.05) is 27.7 Å². The maximum atomic E-state index is 14.0. The number of carbonyl (C=O) groups is 1. The van der Waals surface area contributed by atoms with Crippen molar-refractivity contribution in [3.63, 3.8) is 0 Å². The molecule has 1 atom stereocenters. The number of alkyl halides is 1. The molecule has 0 saturated carbocycles. The van der Waals surface area contributed by atoms with E-state index in [9.17, 15) is 9.18 Å². The van der Waals surface area contributed by atoms with Crippen LogP contribution in [-0.4, -0.2) is 71.3 Å². The first kappa shape index (κ1) is 30.0. The standard InChI is InChI=1S/C33H47FN4O2/c1-24(2)14-19-37(20-15-25(3)4)33(39)27-16-21-38-31(22-27)30(9-7-18-36-17-6-8-28(34)23-36)32(35-38)26-10-12-29(40-5)13-11-26/h10-13,16,21-22,24-25,28H,6-9,14-15,17-20,23H2,1-5H3. The molecule has 218 valence electrons. The second-order valence-corrected chi connectivity index (χ2v) is 12.1. The zero-order valence-electron chi connectivity index (χ0n) is 25.0. The molecule has 1 saturated heterocycles. The summed E-state index contributed by atoms with van der Waals surface area (Å²) in [5.74, 6) is 1.97. The minimum absolute atomic E-state index is 0.0873. The minimum Gasteiger partial charge on any atom is -0.497 e. The molecule has 0 spiro atoms. The molecule has 1 fully saturated rings. The van der Waals surface area contributed by atoms with Gasteiger partial charge in [0.25, 0.3) is 5.91 Å². The summed E-state index contributed by atoms with van der Waals surface area (Å²) in [6.07, 6.45) is 6.48. The van der Waals surface area contributed by atoms with E-state index in [0.29, 0.717) is 30.4 Å². The van der Waals surface area contributed by atoms with Crippen LogP contribution in [0.25, 0.3) is 16.8 Å². The van der Waals surface area contributed by atoms with E-state index in [-0.39, 0.29) is 5.91 Å². The molecular formula is C33H47FN4O2. The van der Waals surface area contributed by atoms with Gasteiger partial charge in [-0.15, -0.1) is 0 Å². The number of rotatable bonds is 13. The molecule has 0 bridgehead atoms. The summed E-state index contributed by atoms with van der Waals surface area (Å²) in [6, 6.07) is 11.9. The zero-order valence-corrected chi connectivity index (χ0v) is 25.0. The van der Waals surface area contributed by atoms with E-state index >= 15 is 0 Å². The van der Waals surface area contributed by atoms with Gasteiger partial charge in [0.15, 0.2) is 0 Å². The van der Waals surface area contributed by atoms with Gasteiger partial charge in [-0.3, -0.25) is 4.79 Å². The van der Waals surface area contributed by atoms with Crippen molar-refractivity contribution in [2.24, 2.45) is 11.8 Å². The Hall–Kier alpha value is -2.93. The van der Waals surface area contributed by atoms with Crippen LogP contribution in [-0.2, 0) is 6.42 Å². The highest BCUT2D eigenvalue weighted by Crippen LogP contribution is 2.30. The van der Waals surface area contributed by atoms with E-state index in [0.717, 1.165) is 86.4 Å². The fourth-order valence-electron chi connectivity index (χ4n) is 5.46. The molecule has 0 aliphatic carbocycles. The predicted molar refractivity (Wildman–Crippen MR) is 161 cm³/mol. The second kappa shape index (κ2) is 14.1. The van der Waals surface area contributed by atoms with Crippen LogP contribution in [0.1, 0.15) is 75.7 Å². The van der Waals surface area contributed by atoms with Gasteiger partial charge < -0.3 is 14.5 Å². The average Bonchev–Trinajstić information content (AvgIpc) is 3.30. The number of nitrogens with zero attached hydrogens (tertiary/aromatic N) is 4. The van der Waals surface area contributed by atoms with Crippen LogP contribution in [0.3, 0.4) is 0 Å². The normalized spacial score (nSPS) is 16.2. The van der Waals surface area contributed by atoms with E-state index in [1.54, 1.807) is 7.11 Å². The van der Waals surface area contributed by atoms with Crippen LogP contribution in [0.4, 0.5) is 4.39 Å². The summed E-state index contributed by atoms with van der Waals surface area (Å²) in [5, 5.41) is 4.96. The van der Waals surface area contributed by atoms with E-state index < -0.39 is 6.17 Å². The molecule has 3 heterocycles. The van der Waals surface area contributed by atoms with E-state index in [4.69, 9.17) is 9.84 Å². The van der Waals surface area contributed by atoms with Gasteiger partial charge >= 0.3 is 0 Å². The van der Waals surface area contributed by atoms with Crippen molar-refractivity contribution < 1.29 is 13.9 Å². The summed E-state index contributed by atoms with van der Waals surface area (Å²) in [7, 11) is 1.66. The topological polar surface area (TPSA) is 50.1 Å². The maximum Gasteiger partial charge on any atom is 0.253 e. The Bertz CT molecular complexity index is 1230. The maximum absolute atomic E-state index is 14.0. The summed E-state index contributed by atoms with van der Waals surface area (Å²) < 4.78 is 21.2. The Balaban J connectivity index is 1.64. The Labute approximate surface area is 239 Å². The molecule has 1 aromatic carbocycles. The molecule has 4 rings (SSSR count). The number of aryl methyl sites for hydroxylation is 1. The van der Waals surface area contributed by atoms with E-state index in [2.05, 4.69) is 32.6 Å². The van der Waals surface area contributed by atoms with Crippen LogP contribution in [0.2, 0.25) is 0 Å². The first-order valence-electron chi connectivity index (χ1n) is 15.1. The minimum atomic E-state index is -0.719. The second-order valence-electron chi connectivity index (χ2n) is 12.1. The third kappa shape index (κ3) is 7.84. The fraction of sp³-hybridized carbons (Fsp3) is 0.576. The van der Waals surface area contributed by atoms with Crippen LogP contribution in [0.5, 0.6) is 5.75 Å². The van der Waals surface area contributed by atoms with Crippen molar-refractivity contribution in [1.29, 1.82) is 0 Å². The number of piperidine rings is 1. The molecular weight excluding hydrogens is 503 g/mol. The third-order valence-electron chi connectivity index (χ3n) is 7.94. The lowest BCUT2D eigenvalue weighted by atomic mass is 10.0. The van der Waals surface area contributed by atoms with Gasteiger partial charge in [0.1, 0.15) is 11.9 Å². The summed E-state index contributed by atoms with van der Waals surface area (Å²) in [5.41, 5.74) is 4.74. The van der Waals surface area contributed by atoms with Crippen molar-refractivity contribution in [3.05, 3.63) is 53.7 Å². The van der Waals surface area contributed by atoms with Crippen molar-refractivity contribution in [2.45, 2.75) is 72.4 Å². The number of aromatic nitrogens is 2. The Kier molecular flexibility index (Phi) is 10.6. The molecule has 0 radical (unpaired) electrons. The summed E-state index contributed by atoms with van der Waals surface area (Å²) in [6.45, 7) is 12.7. The summed E-state index contributed by atoms with van der Waals surface area (Å²) >= 11 is 0. The number of benzene rings is 1. The highest BCUT2D eigenvalue weighted by Gasteiger charge is 2.22. The summed E-state index contributed by atoms with van der Waals surface area (Å²) in [4.78, 5) is 18.0. The largest absolute Gasteiger partial charge is 0.497 e. The molecule has 40 heavy (non-hydrogen) atoms. The van der Waals surface area contributed by atoms with Crippen molar-refractivity contribution in [2.75, 3.05) is 39.8 Å². The first-order chi connectivity index (χ1) is 19.2. The average molecular weight is 551 g/mol. The van der Waals surface area contributed by atoms with E-state index in [1.807, 2.05) is 52.0 Å². The Morgan fingerprint density at radius 1 is 1.10 bits per heavy atom. The van der Waals surface area contributed by atoms with Crippen LogP contribution >= 0.6 is 0 Å². The molecule has 0 N–H and O–H groups in total. The number of ether oxygens (including phenoxy) is 1. The zero-order chi connectivity index (χ0) is 28.6. The van der Waals surface area contributed by atoms with Gasteiger partial charge in [0.2, 0.25) is 0 Å². The van der Waals surface area contributed by atoms with Gasteiger partial charge in [0.05, 0.1) is 18.3 Å². The molecule has 2 aromatic heterocycles. The number of hydrogen-bond acceptors (Lipinski definition) is 4. The molecule has 7 heteroatoms. The lowest BCUT2D eigenvalue weighted by Crippen LogP contribution is -2.37. The third-order valence-corrected chi connectivity index (χ3v) is 7.94. The molecule has 1 aliphatic rings. The van der Waals surface area contributed by atoms with Gasteiger partial charge in [-0.05, 0) is 99.8 Å². The Morgan fingerprint density at radius 2 is 1.80 bits per heavy atom. The van der Waals surface area contributed by atoms with Crippen LogP contribution < -0.4 is 4.74 Å². The number of halogens is 1. The number of fused-ring (bicyclic) bond motifs is 1. The smallest absolute Gasteiger partial charge is 0.253 e. The molecule has 1 amide bonds. The molecule has 3 aromatic rings. The molecule has 1 aliphatic heterocycles. The first-order valence-corrected chi connectivity index (χ1v) is 15.1. The van der Waals surface area contributed by atoms with Crippen molar-refractivity contribution >= 4 is 11.4 Å². The predicted octanol–water partition coefficient (Wildman–Crippen LogP) is 6.91. The quantitative estimate of drug-likeness (QED) is 0.232. The highest BCUT2D eigenvalue weighted by molar-refractivity contribution is 5.95. The number of methoxy groups -OCH3 is 1. The fourth-order valence-corrected chi connectivity index (χ4v) is 5.46. The highest BCUT2D eigenvalue weighted by atomic mass is 19.1. The number of pyridine rings is 1. The number of carbonyl (C=O) groups excluding carboxylic acids is 1. The lowest BCUT2D eigenvalue weighted by Gasteiger charge is -2.28. The SMILES string of the molecule is COc1ccc(-c2nn3ccc(C(=O)N(CCC(C)C)CCC(C)C)cc3c2CCCN2CCCC(F)C2)cc1. The number of hydrogen-bond donors (Lipinski definition) is 0. The van der Waals surface area contributed by atoms with Crippen LogP contribution in [0, 0.1) is 11.8 Å². The lowest BCUT2D eigenvalue weighted by molar-refractivity contribution is 0.0741. The van der Waals surface area contributed by atoms with Crippen LogP contribution in [0.15, 0.2) is 42.6 Å². The number of amides is 1. The van der Waals surface area contributed by atoms with Gasteiger partial charge in [-0.25, -0.2) is 8.91 Å². The Morgan fingerprint density at radius 3 is 2.42 bits per heavy atom. The van der Waals surface area contributed by atoms with E-state index in [1.165, 1.54) is 0 Å². The molecule has 1 unspecified atom stereocenters. The monoisotopic (exact) mass is 550 g/mol.